The second-order valence-electron chi connectivity index (χ2n) is 10.8. The van der Waals surface area contributed by atoms with E-state index in [1.165, 1.54) is 30.3 Å². The van der Waals surface area contributed by atoms with Crippen molar-refractivity contribution in [2.24, 2.45) is 0 Å². The summed E-state index contributed by atoms with van der Waals surface area (Å²) in [5, 5.41) is 0. The maximum atomic E-state index is 14.7. The molecule has 3 aromatic carbocycles. The highest BCUT2D eigenvalue weighted by atomic mass is 19.4. The molecule has 0 saturated heterocycles. The van der Waals surface area contributed by atoms with Crippen LogP contribution in [-0.4, -0.2) is 19.4 Å². The Morgan fingerprint density at radius 3 is 1.73 bits per heavy atom. The zero-order chi connectivity index (χ0) is 32.9. The number of benzene rings is 3. The lowest BCUT2D eigenvalue weighted by Gasteiger charge is -2.10. The molecule has 0 radical (unpaired) electrons. The van der Waals surface area contributed by atoms with Crippen LogP contribution < -0.4 is 9.47 Å². The van der Waals surface area contributed by atoms with Crippen LogP contribution in [0.3, 0.4) is 0 Å². The fourth-order valence-corrected chi connectivity index (χ4v) is 4.82. The largest absolute Gasteiger partial charge is 0.573 e. The van der Waals surface area contributed by atoms with Crippen LogP contribution in [0.25, 0.3) is 16.7 Å². The van der Waals surface area contributed by atoms with E-state index in [2.05, 4.69) is 9.47 Å². The number of unbranched alkanes of at least 4 members (excludes halogenated alkanes) is 6. The third kappa shape index (κ3) is 13.4. The van der Waals surface area contributed by atoms with E-state index >= 15 is 0 Å². The normalized spacial score (nSPS) is 12.8. The number of aryl methyl sites for hydroxylation is 1. The molecule has 3 rings (SSSR count). The Balaban J connectivity index is 1.31. The van der Waals surface area contributed by atoms with Crippen molar-refractivity contribution in [3.8, 4) is 22.6 Å². The van der Waals surface area contributed by atoms with Crippen molar-refractivity contribution in [3.05, 3.63) is 101 Å². The third-order valence-corrected chi connectivity index (χ3v) is 7.14. The van der Waals surface area contributed by atoms with Crippen molar-refractivity contribution in [3.63, 3.8) is 0 Å². The smallest absolute Gasteiger partial charge is 0.406 e. The van der Waals surface area contributed by atoms with Crippen molar-refractivity contribution in [1.82, 2.24) is 0 Å². The predicted molar refractivity (Wildman–Crippen MR) is 160 cm³/mol. The summed E-state index contributed by atoms with van der Waals surface area (Å²) in [5.41, 5.74) is 3.60. The van der Waals surface area contributed by atoms with Crippen molar-refractivity contribution >= 4 is 5.57 Å². The first-order chi connectivity index (χ1) is 21.3. The van der Waals surface area contributed by atoms with Gasteiger partial charge in [0.25, 0.3) is 0 Å². The lowest BCUT2D eigenvalue weighted by atomic mass is 9.99. The maximum Gasteiger partial charge on any atom is 0.573 e. The first-order valence-corrected chi connectivity index (χ1v) is 14.8. The Kier molecular flexibility index (Phi) is 13.5. The molecule has 0 heterocycles. The van der Waals surface area contributed by atoms with Crippen LogP contribution in [0, 0.1) is 5.82 Å². The highest BCUT2D eigenvalue weighted by Crippen LogP contribution is 2.29. The SMILES string of the molecule is C/C(=C\C=C(/CF)c1ccc(OC(F)(F)F)cc1)CCCCCCCCCc1ccc(-c2ccc(OC(F)(F)F)cc2)c(F)c1. The number of rotatable bonds is 16. The Labute approximate surface area is 258 Å². The van der Waals surface area contributed by atoms with Crippen LogP contribution in [0.1, 0.15) is 69.4 Å². The van der Waals surface area contributed by atoms with Crippen molar-refractivity contribution < 1.29 is 44.6 Å². The Hall–Kier alpha value is -3.82. The summed E-state index contributed by atoms with van der Waals surface area (Å²) in [4.78, 5) is 0. The minimum Gasteiger partial charge on any atom is -0.406 e. The van der Waals surface area contributed by atoms with E-state index in [1.807, 2.05) is 19.1 Å². The van der Waals surface area contributed by atoms with Gasteiger partial charge in [0.1, 0.15) is 24.0 Å². The minimum atomic E-state index is -4.78. The molecule has 0 amide bonds. The standard InChI is InChI=1S/C35H36F8O2/c1-25(11-13-29(24-36)27-14-18-30(19-15-27)44-34(38,39)40)9-7-5-3-2-4-6-8-10-26-12-22-32(33(37)23-26)28-16-20-31(21-17-28)45-35(41,42)43/h11-23H,2-10,24H2,1H3/b25-11+,29-13+. The molecule has 0 fully saturated rings. The Bertz CT molecular complexity index is 1390. The summed E-state index contributed by atoms with van der Waals surface area (Å²) in [6.07, 6.45) is 2.77. The molecule has 0 spiro atoms. The maximum absolute atomic E-state index is 14.7. The van der Waals surface area contributed by atoms with Gasteiger partial charge < -0.3 is 9.47 Å². The fourth-order valence-electron chi connectivity index (χ4n) is 4.82. The molecule has 3 aromatic rings. The number of hydrogen-bond acceptors (Lipinski definition) is 2. The molecular formula is C35H36F8O2. The first-order valence-electron chi connectivity index (χ1n) is 14.8. The van der Waals surface area contributed by atoms with Crippen LogP contribution >= 0.6 is 0 Å². The molecule has 0 aliphatic heterocycles. The molecule has 2 nitrogen and oxygen atoms in total. The highest BCUT2D eigenvalue weighted by molar-refractivity contribution is 5.68. The molecule has 45 heavy (non-hydrogen) atoms. The second-order valence-corrected chi connectivity index (χ2v) is 10.8. The molecule has 0 aliphatic carbocycles. The predicted octanol–water partition coefficient (Wildman–Crippen LogP) is 12.0. The molecule has 0 saturated carbocycles. The number of alkyl halides is 7. The van der Waals surface area contributed by atoms with Gasteiger partial charge in [-0.25, -0.2) is 8.78 Å². The van der Waals surface area contributed by atoms with Crippen LogP contribution in [0.4, 0.5) is 35.1 Å². The molecule has 0 unspecified atom stereocenters. The van der Waals surface area contributed by atoms with E-state index in [1.54, 1.807) is 12.1 Å². The highest BCUT2D eigenvalue weighted by Gasteiger charge is 2.31. The zero-order valence-electron chi connectivity index (χ0n) is 24.9. The molecule has 0 bridgehead atoms. The van der Waals surface area contributed by atoms with Crippen LogP contribution in [0.15, 0.2) is 84.5 Å². The van der Waals surface area contributed by atoms with Gasteiger partial charge in [0.2, 0.25) is 0 Å². The lowest BCUT2D eigenvalue weighted by Crippen LogP contribution is -2.17. The van der Waals surface area contributed by atoms with Gasteiger partial charge in [0, 0.05) is 5.56 Å². The van der Waals surface area contributed by atoms with Crippen LogP contribution in [0.2, 0.25) is 0 Å². The van der Waals surface area contributed by atoms with Crippen molar-refractivity contribution in [1.29, 1.82) is 0 Å². The summed E-state index contributed by atoms with van der Waals surface area (Å²) in [7, 11) is 0. The van der Waals surface area contributed by atoms with E-state index in [4.69, 9.17) is 0 Å². The second kappa shape index (κ2) is 17.0. The summed E-state index contributed by atoms with van der Waals surface area (Å²) in [5.74, 6) is -1.14. The van der Waals surface area contributed by atoms with Gasteiger partial charge in [0.05, 0.1) is 0 Å². The van der Waals surface area contributed by atoms with E-state index in [-0.39, 0.29) is 11.5 Å². The number of ether oxygens (including phenoxy) is 2. The molecule has 10 heteroatoms. The number of hydrogen-bond donors (Lipinski definition) is 0. The summed E-state index contributed by atoms with van der Waals surface area (Å²) in [6, 6.07) is 15.2. The van der Waals surface area contributed by atoms with E-state index in [9.17, 15) is 35.1 Å². The van der Waals surface area contributed by atoms with E-state index in [0.29, 0.717) is 22.3 Å². The van der Waals surface area contributed by atoms with Gasteiger partial charge in [-0.05, 0) is 85.2 Å². The fraction of sp³-hybridized carbons (Fsp3) is 0.371. The van der Waals surface area contributed by atoms with Crippen LogP contribution in [0.5, 0.6) is 11.5 Å². The molecule has 0 N–H and O–H groups in total. The lowest BCUT2D eigenvalue weighted by molar-refractivity contribution is -0.275. The first kappa shape index (κ1) is 35.7. The van der Waals surface area contributed by atoms with Gasteiger partial charge >= 0.3 is 12.7 Å². The van der Waals surface area contributed by atoms with Crippen LogP contribution in [-0.2, 0) is 6.42 Å². The Morgan fingerprint density at radius 1 is 0.667 bits per heavy atom. The average molecular weight is 641 g/mol. The summed E-state index contributed by atoms with van der Waals surface area (Å²) >= 11 is 0. The molecular weight excluding hydrogens is 604 g/mol. The van der Waals surface area contributed by atoms with Gasteiger partial charge in [-0.2, -0.15) is 0 Å². The number of allylic oxidation sites excluding steroid dienone is 4. The van der Waals surface area contributed by atoms with Crippen molar-refractivity contribution in [2.45, 2.75) is 77.4 Å². The Morgan fingerprint density at radius 2 is 1.20 bits per heavy atom. The molecule has 0 aliphatic rings. The minimum absolute atomic E-state index is 0.314. The zero-order valence-corrected chi connectivity index (χ0v) is 24.9. The van der Waals surface area contributed by atoms with Gasteiger partial charge in [-0.15, -0.1) is 26.3 Å². The van der Waals surface area contributed by atoms with Gasteiger partial charge in [0.15, 0.2) is 0 Å². The molecule has 244 valence electrons. The summed E-state index contributed by atoms with van der Waals surface area (Å²) < 4.78 is 110. The van der Waals surface area contributed by atoms with Gasteiger partial charge in [-0.1, -0.05) is 86.2 Å². The van der Waals surface area contributed by atoms with Crippen molar-refractivity contribution in [2.75, 3.05) is 6.67 Å². The van der Waals surface area contributed by atoms with E-state index in [0.717, 1.165) is 93.2 Å². The molecule has 0 atom stereocenters. The monoisotopic (exact) mass is 640 g/mol. The number of halogens is 8. The molecule has 0 aromatic heterocycles. The van der Waals surface area contributed by atoms with E-state index < -0.39 is 25.2 Å². The average Bonchev–Trinajstić information content (AvgIpc) is 2.96. The van der Waals surface area contributed by atoms with Gasteiger partial charge in [-0.3, -0.25) is 0 Å². The summed E-state index contributed by atoms with van der Waals surface area (Å²) in [6.45, 7) is 1.22. The quantitative estimate of drug-likeness (QED) is 0.0881. The topological polar surface area (TPSA) is 18.5 Å². The third-order valence-electron chi connectivity index (χ3n) is 7.14.